The first-order valence-corrected chi connectivity index (χ1v) is 8.70. The van der Waals surface area contributed by atoms with Crippen molar-refractivity contribution in [3.8, 4) is 23.0 Å². The average Bonchev–Trinajstić information content (AvgIpc) is 2.73. The zero-order valence-corrected chi connectivity index (χ0v) is 16.2. The van der Waals surface area contributed by atoms with Crippen LogP contribution in [0.4, 0.5) is 0 Å². The Labute approximate surface area is 163 Å². The first-order valence-electron chi connectivity index (χ1n) is 8.70. The minimum Gasteiger partial charge on any atom is -0.494 e. The first kappa shape index (κ1) is 19.3. The van der Waals surface area contributed by atoms with Crippen LogP contribution in [-0.2, 0) is 0 Å². The minimum absolute atomic E-state index is 0.335. The maximum absolute atomic E-state index is 9.81. The van der Waals surface area contributed by atoms with E-state index >= 15 is 0 Å². The highest BCUT2D eigenvalue weighted by molar-refractivity contribution is 6.19. The Hall–Kier alpha value is -3.48. The molecule has 3 aromatic rings. The Balaban J connectivity index is 2.17. The fraction of sp³-hybridized carbons (Fsp3) is 0.238. The number of nitrogens with zero attached hydrogens (tertiary/aromatic N) is 2. The smallest absolute Gasteiger partial charge is 0.203 e. The van der Waals surface area contributed by atoms with Gasteiger partial charge in [-0.15, -0.1) is 0 Å². The third-order valence-corrected chi connectivity index (χ3v) is 4.33. The zero-order valence-electron chi connectivity index (χ0n) is 16.2. The van der Waals surface area contributed by atoms with Crippen molar-refractivity contribution in [1.82, 2.24) is 4.98 Å². The van der Waals surface area contributed by atoms with E-state index in [1.807, 2.05) is 25.1 Å². The lowest BCUT2D eigenvalue weighted by Crippen LogP contribution is -2.07. The molecule has 0 unspecified atom stereocenters. The van der Waals surface area contributed by atoms with Crippen LogP contribution in [0.25, 0.3) is 10.8 Å². The number of methoxy groups -OCH3 is 3. The van der Waals surface area contributed by atoms with E-state index in [9.17, 15) is 5.21 Å². The summed E-state index contributed by atoms with van der Waals surface area (Å²) in [5.41, 5.74) is 1.60. The molecule has 1 N–H and O–H groups in total. The summed E-state index contributed by atoms with van der Waals surface area (Å²) in [6, 6.07) is 9.15. The molecule has 0 amide bonds. The van der Waals surface area contributed by atoms with Gasteiger partial charge < -0.3 is 24.2 Å². The summed E-state index contributed by atoms with van der Waals surface area (Å²) < 4.78 is 21.7. The van der Waals surface area contributed by atoms with E-state index in [1.54, 1.807) is 24.5 Å². The van der Waals surface area contributed by atoms with E-state index in [2.05, 4.69) is 10.1 Å². The number of pyridine rings is 1. The third-order valence-electron chi connectivity index (χ3n) is 4.33. The van der Waals surface area contributed by atoms with Crippen molar-refractivity contribution in [1.29, 1.82) is 0 Å². The maximum atomic E-state index is 9.81. The Kier molecular flexibility index (Phi) is 5.84. The summed E-state index contributed by atoms with van der Waals surface area (Å²) in [4.78, 5) is 4.29. The van der Waals surface area contributed by atoms with E-state index in [0.29, 0.717) is 40.7 Å². The molecule has 0 radical (unpaired) electrons. The third kappa shape index (κ3) is 3.51. The lowest BCUT2D eigenvalue weighted by molar-refractivity contribution is 0.318. The minimum atomic E-state index is 0.335. The van der Waals surface area contributed by atoms with Crippen molar-refractivity contribution in [3.05, 3.63) is 53.9 Å². The van der Waals surface area contributed by atoms with Gasteiger partial charge in [-0.2, -0.15) is 0 Å². The van der Waals surface area contributed by atoms with Crippen LogP contribution in [0.2, 0.25) is 0 Å². The number of benzene rings is 2. The summed E-state index contributed by atoms with van der Waals surface area (Å²) in [5.74, 6) is 2.14. The molecular weight excluding hydrogens is 360 g/mol. The molecule has 0 aliphatic heterocycles. The second-order valence-corrected chi connectivity index (χ2v) is 5.87. The molecule has 7 heteroatoms. The molecule has 2 aromatic carbocycles. The largest absolute Gasteiger partial charge is 0.494 e. The van der Waals surface area contributed by atoms with Crippen molar-refractivity contribution in [2.45, 2.75) is 6.92 Å². The second-order valence-electron chi connectivity index (χ2n) is 5.87. The number of fused-ring (bicyclic) bond motifs is 1. The molecule has 28 heavy (non-hydrogen) atoms. The van der Waals surface area contributed by atoms with E-state index in [4.69, 9.17) is 18.9 Å². The number of ether oxygens (including phenoxy) is 4. The summed E-state index contributed by atoms with van der Waals surface area (Å²) in [6.45, 7) is 2.51. The second kappa shape index (κ2) is 8.47. The van der Waals surface area contributed by atoms with E-state index in [-0.39, 0.29) is 0 Å². The topological polar surface area (TPSA) is 82.4 Å². The molecule has 1 heterocycles. The van der Waals surface area contributed by atoms with Crippen molar-refractivity contribution in [2.75, 3.05) is 27.9 Å². The van der Waals surface area contributed by atoms with Crippen LogP contribution in [0.5, 0.6) is 23.0 Å². The van der Waals surface area contributed by atoms with Gasteiger partial charge in [0, 0.05) is 28.9 Å². The summed E-state index contributed by atoms with van der Waals surface area (Å²) in [6.07, 6.45) is 3.40. The molecular formula is C21H22N2O5. The number of oxime groups is 1. The van der Waals surface area contributed by atoms with Crippen molar-refractivity contribution >= 4 is 16.5 Å². The van der Waals surface area contributed by atoms with Gasteiger partial charge in [0.15, 0.2) is 11.5 Å². The fourth-order valence-electron chi connectivity index (χ4n) is 3.08. The summed E-state index contributed by atoms with van der Waals surface area (Å²) >= 11 is 0. The lowest BCUT2D eigenvalue weighted by atomic mass is 9.98. The molecule has 0 atom stereocenters. The van der Waals surface area contributed by atoms with Crippen molar-refractivity contribution < 1.29 is 24.2 Å². The molecule has 0 saturated carbocycles. The van der Waals surface area contributed by atoms with Crippen molar-refractivity contribution in [3.63, 3.8) is 0 Å². The quantitative estimate of drug-likeness (QED) is 0.379. The van der Waals surface area contributed by atoms with Gasteiger partial charge in [-0.3, -0.25) is 4.98 Å². The van der Waals surface area contributed by atoms with Crippen LogP contribution in [0.3, 0.4) is 0 Å². The van der Waals surface area contributed by atoms with Gasteiger partial charge in [-0.1, -0.05) is 5.16 Å². The van der Waals surface area contributed by atoms with Crippen LogP contribution >= 0.6 is 0 Å². The van der Waals surface area contributed by atoms with Gasteiger partial charge in [0.1, 0.15) is 11.5 Å². The SMILES string of the molecule is CCOc1ccc2c(/C(=N/O)c3cc(OC)c(OC)c(OC)c3)cncc2c1. The highest BCUT2D eigenvalue weighted by Gasteiger charge is 2.19. The van der Waals surface area contributed by atoms with Crippen LogP contribution in [0.1, 0.15) is 18.1 Å². The lowest BCUT2D eigenvalue weighted by Gasteiger charge is -2.15. The molecule has 0 saturated heterocycles. The molecule has 0 fully saturated rings. The normalized spacial score (nSPS) is 11.4. The Morgan fingerprint density at radius 3 is 2.29 bits per heavy atom. The standard InChI is InChI=1S/C21H22N2O5/c1-5-28-15-6-7-16-14(8-15)11-22-12-17(16)20(23-24)13-9-18(25-2)21(27-4)19(10-13)26-3/h6-12,24H,5H2,1-4H3/b23-20+. The molecule has 0 aliphatic rings. The maximum Gasteiger partial charge on any atom is 0.203 e. The molecule has 7 nitrogen and oxygen atoms in total. The summed E-state index contributed by atoms with van der Waals surface area (Å²) in [5, 5.41) is 15.1. The Morgan fingerprint density at radius 2 is 1.71 bits per heavy atom. The van der Waals surface area contributed by atoms with E-state index in [1.165, 1.54) is 21.3 Å². The van der Waals surface area contributed by atoms with Gasteiger partial charge >= 0.3 is 0 Å². The van der Waals surface area contributed by atoms with Crippen LogP contribution in [-0.4, -0.2) is 43.8 Å². The van der Waals surface area contributed by atoms with Gasteiger partial charge in [0.05, 0.1) is 27.9 Å². The monoisotopic (exact) mass is 382 g/mol. The first-order chi connectivity index (χ1) is 13.7. The number of hydrogen-bond donors (Lipinski definition) is 1. The molecule has 0 aliphatic carbocycles. The van der Waals surface area contributed by atoms with Crippen LogP contribution in [0.15, 0.2) is 47.9 Å². The van der Waals surface area contributed by atoms with Gasteiger partial charge in [-0.05, 0) is 42.6 Å². The van der Waals surface area contributed by atoms with Gasteiger partial charge in [0.25, 0.3) is 0 Å². The average molecular weight is 382 g/mol. The Bertz CT molecular complexity index is 992. The van der Waals surface area contributed by atoms with Crippen molar-refractivity contribution in [2.24, 2.45) is 5.16 Å². The Morgan fingerprint density at radius 1 is 1.00 bits per heavy atom. The predicted molar refractivity (Wildman–Crippen MR) is 106 cm³/mol. The number of hydrogen-bond acceptors (Lipinski definition) is 7. The van der Waals surface area contributed by atoms with Gasteiger partial charge in [-0.25, -0.2) is 0 Å². The van der Waals surface area contributed by atoms with Crippen LogP contribution in [0, 0.1) is 0 Å². The predicted octanol–water partition coefficient (Wildman–Crippen LogP) is 3.89. The van der Waals surface area contributed by atoms with E-state index in [0.717, 1.165) is 16.5 Å². The fourth-order valence-corrected chi connectivity index (χ4v) is 3.08. The van der Waals surface area contributed by atoms with Gasteiger partial charge in [0.2, 0.25) is 5.75 Å². The molecule has 0 spiro atoms. The highest BCUT2D eigenvalue weighted by atomic mass is 16.5. The zero-order chi connectivity index (χ0) is 20.1. The molecule has 1 aromatic heterocycles. The van der Waals surface area contributed by atoms with Crippen LogP contribution < -0.4 is 18.9 Å². The highest BCUT2D eigenvalue weighted by Crippen LogP contribution is 2.39. The van der Waals surface area contributed by atoms with E-state index < -0.39 is 0 Å². The summed E-state index contributed by atoms with van der Waals surface area (Å²) in [7, 11) is 4.60. The number of aromatic nitrogens is 1. The number of rotatable bonds is 7. The molecule has 0 bridgehead atoms. The molecule has 146 valence electrons. The molecule has 3 rings (SSSR count).